The number of nitrogens with one attached hydrogen (secondary N) is 3. The van der Waals surface area contributed by atoms with Crippen molar-refractivity contribution >= 4 is 23.1 Å². The first-order valence-electron chi connectivity index (χ1n) is 6.31. The number of pyridine rings is 1. The van der Waals surface area contributed by atoms with Crippen molar-refractivity contribution in [2.45, 2.75) is 6.17 Å². The zero-order valence-corrected chi connectivity index (χ0v) is 10.7. The predicted molar refractivity (Wildman–Crippen MR) is 73.8 cm³/mol. The third-order valence-corrected chi connectivity index (χ3v) is 3.29. The normalized spacial score (nSPS) is 21.1. The molecular weight excluding hydrogens is 261 g/mol. The highest BCUT2D eigenvalue weighted by Gasteiger charge is 2.27. The second-order valence-electron chi connectivity index (χ2n) is 4.77. The van der Waals surface area contributed by atoms with Gasteiger partial charge in [0.1, 0.15) is 12.0 Å². The van der Waals surface area contributed by atoms with Crippen LogP contribution in [0.25, 0.3) is 0 Å². The van der Waals surface area contributed by atoms with Crippen molar-refractivity contribution in [1.82, 2.24) is 10.3 Å². The highest BCUT2D eigenvalue weighted by molar-refractivity contribution is 6.26. The Kier molecular flexibility index (Phi) is 3.09. The van der Waals surface area contributed by atoms with Crippen LogP contribution in [-0.2, 0) is 4.79 Å². The molecule has 0 radical (unpaired) electrons. The molecule has 0 unspecified atom stereocenters. The van der Waals surface area contributed by atoms with Gasteiger partial charge in [0, 0.05) is 6.20 Å². The summed E-state index contributed by atoms with van der Waals surface area (Å²) in [5, 5.41) is 13.1. The minimum atomic E-state index is -0.758. The predicted octanol–water partition coefficient (Wildman–Crippen LogP) is 0.685. The molecule has 3 rings (SSSR count). The quantitative estimate of drug-likeness (QED) is 0.709. The second kappa shape index (κ2) is 4.92. The SMILES string of the molecule is N=C1CNC(=O)/C1=C/Nc1ccc(N2CC(F)C2)nc1. The van der Waals surface area contributed by atoms with Crippen molar-refractivity contribution in [3.8, 4) is 0 Å². The number of alkyl halides is 1. The minimum absolute atomic E-state index is 0.248. The van der Waals surface area contributed by atoms with Gasteiger partial charge < -0.3 is 20.9 Å². The molecule has 0 bridgehead atoms. The molecule has 0 aliphatic carbocycles. The first-order chi connectivity index (χ1) is 9.63. The van der Waals surface area contributed by atoms with E-state index in [1.54, 1.807) is 18.3 Å². The summed E-state index contributed by atoms with van der Waals surface area (Å²) in [5.74, 6) is 0.491. The largest absolute Gasteiger partial charge is 0.360 e. The molecule has 2 aliphatic rings. The molecule has 0 spiro atoms. The summed E-state index contributed by atoms with van der Waals surface area (Å²) in [6.07, 6.45) is 2.36. The molecule has 1 aromatic heterocycles. The number of rotatable bonds is 3. The Morgan fingerprint density at radius 2 is 2.30 bits per heavy atom. The van der Waals surface area contributed by atoms with E-state index in [0.29, 0.717) is 24.4 Å². The number of anilines is 2. The Hall–Kier alpha value is -2.44. The first kappa shape index (κ1) is 12.6. The maximum Gasteiger partial charge on any atom is 0.254 e. The van der Waals surface area contributed by atoms with Crippen LogP contribution in [0.3, 0.4) is 0 Å². The zero-order chi connectivity index (χ0) is 14.1. The lowest BCUT2D eigenvalue weighted by Gasteiger charge is -2.35. The van der Waals surface area contributed by atoms with Gasteiger partial charge in [0.25, 0.3) is 5.91 Å². The van der Waals surface area contributed by atoms with Crippen molar-refractivity contribution in [3.63, 3.8) is 0 Å². The van der Waals surface area contributed by atoms with Crippen molar-refractivity contribution in [3.05, 3.63) is 30.1 Å². The Morgan fingerprint density at radius 3 is 2.85 bits per heavy atom. The highest BCUT2D eigenvalue weighted by atomic mass is 19.1. The van der Waals surface area contributed by atoms with Crippen molar-refractivity contribution in [1.29, 1.82) is 5.41 Å². The molecule has 2 aliphatic heterocycles. The summed E-state index contributed by atoms with van der Waals surface area (Å²) < 4.78 is 12.8. The van der Waals surface area contributed by atoms with E-state index in [4.69, 9.17) is 5.41 Å². The molecule has 6 nitrogen and oxygen atoms in total. The van der Waals surface area contributed by atoms with E-state index in [1.807, 2.05) is 4.90 Å². The van der Waals surface area contributed by atoms with E-state index in [1.165, 1.54) is 6.20 Å². The third-order valence-electron chi connectivity index (χ3n) is 3.29. The highest BCUT2D eigenvalue weighted by Crippen LogP contribution is 2.21. The van der Waals surface area contributed by atoms with Crippen LogP contribution in [0.5, 0.6) is 0 Å². The van der Waals surface area contributed by atoms with E-state index < -0.39 is 6.17 Å². The summed E-state index contributed by atoms with van der Waals surface area (Å²) in [7, 11) is 0. The molecule has 0 aromatic carbocycles. The van der Waals surface area contributed by atoms with Gasteiger partial charge in [0.05, 0.1) is 42.8 Å². The molecule has 104 valence electrons. The average Bonchev–Trinajstić information content (AvgIpc) is 2.73. The monoisotopic (exact) mass is 275 g/mol. The summed E-state index contributed by atoms with van der Waals surface area (Å²) in [6, 6.07) is 3.61. The number of aromatic nitrogens is 1. The van der Waals surface area contributed by atoms with Gasteiger partial charge in [-0.15, -0.1) is 0 Å². The number of nitrogens with zero attached hydrogens (tertiary/aromatic N) is 2. The van der Waals surface area contributed by atoms with Crippen LogP contribution in [0.1, 0.15) is 0 Å². The molecule has 1 aromatic rings. The molecular formula is C13H14FN5O. The number of hydrogen-bond donors (Lipinski definition) is 3. The molecule has 1 amide bonds. The third kappa shape index (κ3) is 2.34. The fraction of sp³-hybridized carbons (Fsp3) is 0.308. The van der Waals surface area contributed by atoms with Crippen LogP contribution >= 0.6 is 0 Å². The van der Waals surface area contributed by atoms with Crippen LogP contribution in [0.15, 0.2) is 30.1 Å². The molecule has 20 heavy (non-hydrogen) atoms. The molecule has 2 saturated heterocycles. The molecule has 0 saturated carbocycles. The van der Waals surface area contributed by atoms with Crippen LogP contribution < -0.4 is 15.5 Å². The zero-order valence-electron chi connectivity index (χ0n) is 10.7. The van der Waals surface area contributed by atoms with Crippen LogP contribution in [0.2, 0.25) is 0 Å². The number of amides is 1. The smallest absolute Gasteiger partial charge is 0.254 e. The number of halogens is 1. The summed E-state index contributed by atoms with van der Waals surface area (Å²) in [5.41, 5.74) is 1.31. The molecule has 2 fully saturated rings. The lowest BCUT2D eigenvalue weighted by molar-refractivity contribution is -0.116. The van der Waals surface area contributed by atoms with Gasteiger partial charge in [-0.2, -0.15) is 0 Å². The summed E-state index contributed by atoms with van der Waals surface area (Å²) in [4.78, 5) is 17.5. The van der Waals surface area contributed by atoms with Crippen LogP contribution in [0, 0.1) is 5.41 Å². The van der Waals surface area contributed by atoms with E-state index in [-0.39, 0.29) is 18.2 Å². The van der Waals surface area contributed by atoms with Gasteiger partial charge in [-0.05, 0) is 12.1 Å². The fourth-order valence-electron chi connectivity index (χ4n) is 2.07. The summed E-state index contributed by atoms with van der Waals surface area (Å²) in [6.45, 7) is 1.05. The van der Waals surface area contributed by atoms with E-state index >= 15 is 0 Å². The number of carbonyl (C=O) groups excluding carboxylic acids is 1. The van der Waals surface area contributed by atoms with Gasteiger partial charge in [0.2, 0.25) is 0 Å². The Morgan fingerprint density at radius 1 is 1.50 bits per heavy atom. The molecule has 0 atom stereocenters. The number of carbonyl (C=O) groups is 1. The van der Waals surface area contributed by atoms with E-state index in [2.05, 4.69) is 15.6 Å². The van der Waals surface area contributed by atoms with Crippen LogP contribution in [-0.4, -0.2) is 42.4 Å². The van der Waals surface area contributed by atoms with Gasteiger partial charge in [-0.1, -0.05) is 0 Å². The maximum absolute atomic E-state index is 12.8. The minimum Gasteiger partial charge on any atom is -0.360 e. The number of hydrogen-bond acceptors (Lipinski definition) is 5. The van der Waals surface area contributed by atoms with E-state index in [0.717, 1.165) is 5.82 Å². The lowest BCUT2D eigenvalue weighted by atomic mass is 10.2. The topological polar surface area (TPSA) is 81.1 Å². The van der Waals surface area contributed by atoms with Gasteiger partial charge in [0.15, 0.2) is 0 Å². The van der Waals surface area contributed by atoms with Crippen LogP contribution in [0.4, 0.5) is 15.9 Å². The lowest BCUT2D eigenvalue weighted by Crippen LogP contribution is -2.48. The van der Waals surface area contributed by atoms with Crippen molar-refractivity contribution in [2.75, 3.05) is 29.9 Å². The first-order valence-corrected chi connectivity index (χ1v) is 6.31. The van der Waals surface area contributed by atoms with Gasteiger partial charge in [-0.25, -0.2) is 9.37 Å². The molecule has 7 heteroatoms. The van der Waals surface area contributed by atoms with Crippen molar-refractivity contribution < 1.29 is 9.18 Å². The Bertz CT molecular complexity index is 559. The Balaban J connectivity index is 1.65. The fourth-order valence-corrected chi connectivity index (χ4v) is 2.07. The molecule has 3 N–H and O–H groups in total. The van der Waals surface area contributed by atoms with Gasteiger partial charge >= 0.3 is 0 Å². The summed E-state index contributed by atoms with van der Waals surface area (Å²) >= 11 is 0. The standard InChI is InChI=1S/C13H14FN5O/c14-8-6-19(7-8)12-2-1-9(3-17-12)16-4-10-11(15)5-18-13(10)20/h1-4,8,15-16H,5-7H2,(H,18,20)/b10-4+,15-11?. The van der Waals surface area contributed by atoms with Crippen molar-refractivity contribution in [2.24, 2.45) is 0 Å². The second-order valence-corrected chi connectivity index (χ2v) is 4.77. The maximum atomic E-state index is 12.8. The van der Waals surface area contributed by atoms with Gasteiger partial charge in [-0.3, -0.25) is 4.79 Å². The Labute approximate surface area is 115 Å². The average molecular weight is 275 g/mol. The van der Waals surface area contributed by atoms with E-state index in [9.17, 15) is 9.18 Å². The molecule has 3 heterocycles.